The predicted octanol–water partition coefficient (Wildman–Crippen LogP) is 3.52. The van der Waals surface area contributed by atoms with E-state index in [4.69, 9.17) is 5.26 Å². The van der Waals surface area contributed by atoms with E-state index in [0.717, 1.165) is 6.07 Å². The molecule has 1 aromatic carbocycles. The molecule has 1 rings (SSSR count). The first kappa shape index (κ1) is 12.7. The summed E-state index contributed by atoms with van der Waals surface area (Å²) in [6, 6.07) is 5.12. The zero-order chi connectivity index (χ0) is 12.2. The highest BCUT2D eigenvalue weighted by atomic mass is 32.1. The molecule has 84 valence electrons. The quantitative estimate of drug-likeness (QED) is 0.789. The number of nitrogens with zero attached hydrogens (tertiary/aromatic N) is 1. The van der Waals surface area contributed by atoms with Gasteiger partial charge in [0.25, 0.3) is 0 Å². The Morgan fingerprint density at radius 3 is 2.56 bits per heavy atom. The first-order valence-electron chi connectivity index (χ1n) is 4.38. The maximum absolute atomic E-state index is 12.5. The van der Waals surface area contributed by atoms with E-state index < -0.39 is 11.7 Å². The normalized spacial score (nSPS) is 11.7. The van der Waals surface area contributed by atoms with Crippen molar-refractivity contribution >= 4 is 18.7 Å². The van der Waals surface area contributed by atoms with Gasteiger partial charge in [0.1, 0.15) is 0 Å². The van der Waals surface area contributed by atoms with Crippen molar-refractivity contribution in [3.63, 3.8) is 0 Å². The summed E-state index contributed by atoms with van der Waals surface area (Å²) in [6.45, 7) is 0. The molecule has 0 heterocycles. The van der Waals surface area contributed by atoms with Crippen molar-refractivity contribution in [1.82, 2.24) is 0 Å². The third-order valence-corrected chi connectivity index (χ3v) is 2.10. The van der Waals surface area contributed by atoms with E-state index in [1.54, 1.807) is 6.08 Å². The highest BCUT2D eigenvalue weighted by Gasteiger charge is 2.33. The van der Waals surface area contributed by atoms with Crippen LogP contribution in [0.25, 0.3) is 6.08 Å². The van der Waals surface area contributed by atoms with Crippen LogP contribution < -0.4 is 0 Å². The molecule has 0 radical (unpaired) electrons. The first-order valence-corrected chi connectivity index (χ1v) is 5.01. The second-order valence-corrected chi connectivity index (χ2v) is 3.36. The van der Waals surface area contributed by atoms with E-state index in [2.05, 4.69) is 12.6 Å². The van der Waals surface area contributed by atoms with Crippen molar-refractivity contribution < 1.29 is 13.2 Å². The van der Waals surface area contributed by atoms with Crippen LogP contribution in [0.3, 0.4) is 0 Å². The summed E-state index contributed by atoms with van der Waals surface area (Å²) in [7, 11) is 0. The molecule has 0 aliphatic heterocycles. The Balaban J connectivity index is 3.23. The second-order valence-electron chi connectivity index (χ2n) is 3.00. The molecule has 1 nitrogen and oxygen atoms in total. The number of thiol groups is 1. The number of alkyl halides is 3. The lowest BCUT2D eigenvalue weighted by molar-refractivity contribution is -0.137. The van der Waals surface area contributed by atoms with Crippen molar-refractivity contribution in [3.8, 4) is 6.07 Å². The molecule has 1 aromatic rings. The average molecular weight is 243 g/mol. The average Bonchev–Trinajstić information content (AvgIpc) is 2.24. The molecule has 0 unspecified atom stereocenters. The Morgan fingerprint density at radius 2 is 2.06 bits per heavy atom. The van der Waals surface area contributed by atoms with E-state index in [0.29, 0.717) is 11.3 Å². The van der Waals surface area contributed by atoms with E-state index in [-0.39, 0.29) is 5.56 Å². The SMILES string of the molecule is N#Cc1ccc(C=CCS)cc1C(F)(F)F. The Hall–Kier alpha value is -1.41. The minimum atomic E-state index is -4.50. The number of hydrogen-bond acceptors (Lipinski definition) is 2. The molecule has 0 aliphatic rings. The summed E-state index contributed by atoms with van der Waals surface area (Å²) in [5.74, 6) is 0.446. The van der Waals surface area contributed by atoms with E-state index in [1.807, 2.05) is 0 Å². The van der Waals surface area contributed by atoms with Crippen LogP contribution in [-0.2, 0) is 6.18 Å². The maximum Gasteiger partial charge on any atom is 0.417 e. The fourth-order valence-corrected chi connectivity index (χ4v) is 1.29. The van der Waals surface area contributed by atoms with Gasteiger partial charge in [0.2, 0.25) is 0 Å². The number of benzene rings is 1. The van der Waals surface area contributed by atoms with Crippen LogP contribution in [0.4, 0.5) is 13.2 Å². The van der Waals surface area contributed by atoms with Gasteiger partial charge in [-0.1, -0.05) is 18.2 Å². The maximum atomic E-state index is 12.5. The third-order valence-electron chi connectivity index (χ3n) is 1.89. The van der Waals surface area contributed by atoms with Crippen LogP contribution in [0.5, 0.6) is 0 Å². The van der Waals surface area contributed by atoms with E-state index >= 15 is 0 Å². The molecule has 0 bridgehead atoms. The monoisotopic (exact) mass is 243 g/mol. The number of nitriles is 1. The molecule has 0 spiro atoms. The van der Waals surface area contributed by atoms with Crippen molar-refractivity contribution in [1.29, 1.82) is 5.26 Å². The lowest BCUT2D eigenvalue weighted by Crippen LogP contribution is -2.07. The van der Waals surface area contributed by atoms with Gasteiger partial charge < -0.3 is 0 Å². The van der Waals surface area contributed by atoms with Gasteiger partial charge in [-0.15, -0.1) is 0 Å². The zero-order valence-corrected chi connectivity index (χ0v) is 9.02. The minimum absolute atomic E-state index is 0.365. The molecule has 0 atom stereocenters. The summed E-state index contributed by atoms with van der Waals surface area (Å²) in [5, 5.41) is 8.57. The summed E-state index contributed by atoms with van der Waals surface area (Å²) in [5.41, 5.74) is -0.868. The molecular formula is C11H8F3NS. The van der Waals surface area contributed by atoms with Crippen molar-refractivity contribution in [2.24, 2.45) is 0 Å². The Bertz CT molecular complexity index is 444. The number of rotatable bonds is 2. The standard InChI is InChI=1S/C11H8F3NS/c12-11(13,14)10-6-8(2-1-5-16)3-4-9(10)7-15/h1-4,6,16H,5H2. The van der Waals surface area contributed by atoms with Gasteiger partial charge in [-0.2, -0.15) is 31.1 Å². The summed E-state index contributed by atoms with van der Waals surface area (Å²) < 4.78 is 37.6. The van der Waals surface area contributed by atoms with Crippen molar-refractivity contribution in [2.45, 2.75) is 6.18 Å². The Morgan fingerprint density at radius 1 is 1.38 bits per heavy atom. The number of halogens is 3. The molecule has 16 heavy (non-hydrogen) atoms. The molecule has 0 fully saturated rings. The fraction of sp³-hybridized carbons (Fsp3) is 0.182. The van der Waals surface area contributed by atoms with Gasteiger partial charge in [0.05, 0.1) is 17.2 Å². The summed E-state index contributed by atoms with van der Waals surface area (Å²) in [6.07, 6.45) is -1.34. The highest BCUT2D eigenvalue weighted by Crippen LogP contribution is 2.32. The third kappa shape index (κ3) is 3.04. The van der Waals surface area contributed by atoms with Crippen LogP contribution >= 0.6 is 12.6 Å². The first-order chi connectivity index (χ1) is 7.49. The minimum Gasteiger partial charge on any atom is -0.192 e. The van der Waals surface area contributed by atoms with Crippen LogP contribution in [0.1, 0.15) is 16.7 Å². The smallest absolute Gasteiger partial charge is 0.192 e. The van der Waals surface area contributed by atoms with Crippen LogP contribution in [0.2, 0.25) is 0 Å². The molecule has 0 aliphatic carbocycles. The summed E-state index contributed by atoms with van der Waals surface area (Å²) >= 11 is 3.91. The molecule has 0 aromatic heterocycles. The fourth-order valence-electron chi connectivity index (χ4n) is 1.19. The second kappa shape index (κ2) is 5.08. The molecule has 0 saturated heterocycles. The Labute approximate surface area is 96.6 Å². The molecule has 0 saturated carbocycles. The van der Waals surface area contributed by atoms with Crippen molar-refractivity contribution in [3.05, 3.63) is 41.0 Å². The van der Waals surface area contributed by atoms with Crippen LogP contribution in [0.15, 0.2) is 24.3 Å². The molecule has 0 N–H and O–H groups in total. The predicted molar refractivity (Wildman–Crippen MR) is 59.0 cm³/mol. The van der Waals surface area contributed by atoms with Crippen molar-refractivity contribution in [2.75, 3.05) is 5.75 Å². The van der Waals surface area contributed by atoms with Gasteiger partial charge in [-0.25, -0.2) is 0 Å². The highest BCUT2D eigenvalue weighted by molar-refractivity contribution is 7.80. The molecular weight excluding hydrogens is 235 g/mol. The lowest BCUT2D eigenvalue weighted by Gasteiger charge is -2.09. The van der Waals surface area contributed by atoms with Gasteiger partial charge in [-0.3, -0.25) is 0 Å². The van der Waals surface area contributed by atoms with Gasteiger partial charge in [0.15, 0.2) is 0 Å². The van der Waals surface area contributed by atoms with Gasteiger partial charge >= 0.3 is 6.18 Å². The Kier molecular flexibility index (Phi) is 4.02. The zero-order valence-electron chi connectivity index (χ0n) is 8.12. The number of hydrogen-bond donors (Lipinski definition) is 1. The van der Waals surface area contributed by atoms with Crippen LogP contribution in [-0.4, -0.2) is 5.75 Å². The molecule has 5 heteroatoms. The topological polar surface area (TPSA) is 23.8 Å². The summed E-state index contributed by atoms with van der Waals surface area (Å²) in [4.78, 5) is 0. The van der Waals surface area contributed by atoms with Crippen LogP contribution in [0, 0.1) is 11.3 Å². The van der Waals surface area contributed by atoms with E-state index in [9.17, 15) is 13.2 Å². The molecule has 0 amide bonds. The largest absolute Gasteiger partial charge is 0.417 e. The van der Waals surface area contributed by atoms with E-state index in [1.165, 1.54) is 24.3 Å². The van der Waals surface area contributed by atoms with Gasteiger partial charge in [-0.05, 0) is 17.7 Å². The van der Waals surface area contributed by atoms with Gasteiger partial charge in [0, 0.05) is 5.75 Å². The lowest BCUT2D eigenvalue weighted by atomic mass is 10.0.